The van der Waals surface area contributed by atoms with Crippen LogP contribution in [0.2, 0.25) is 5.02 Å². The normalized spacial score (nSPS) is 11.5. The Labute approximate surface area is 127 Å². The number of hydrogen-bond acceptors (Lipinski definition) is 3. The molecule has 0 spiro atoms. The highest BCUT2D eigenvalue weighted by atomic mass is 35.5. The third-order valence-corrected chi connectivity index (χ3v) is 3.15. The van der Waals surface area contributed by atoms with E-state index in [1.165, 1.54) is 6.07 Å². The molecule has 2 aromatic rings. The molecule has 0 aliphatic rings. The lowest BCUT2D eigenvalue weighted by molar-refractivity contribution is -0.144. The Kier molecular flexibility index (Phi) is 4.41. The molecule has 0 bridgehead atoms. The van der Waals surface area contributed by atoms with Crippen molar-refractivity contribution in [2.75, 3.05) is 7.11 Å². The maximum absolute atomic E-state index is 13.0. The lowest BCUT2D eigenvalue weighted by atomic mass is 10.2. The van der Waals surface area contributed by atoms with E-state index in [2.05, 4.69) is 9.84 Å². The molecule has 0 amide bonds. The van der Waals surface area contributed by atoms with Gasteiger partial charge in [-0.1, -0.05) is 17.7 Å². The first-order valence-electron chi connectivity index (χ1n) is 5.89. The number of rotatable bonds is 3. The van der Waals surface area contributed by atoms with Gasteiger partial charge in [0, 0.05) is 11.1 Å². The molecule has 118 valence electrons. The van der Waals surface area contributed by atoms with E-state index in [9.17, 15) is 22.4 Å². The zero-order valence-electron chi connectivity index (χ0n) is 11.1. The van der Waals surface area contributed by atoms with Gasteiger partial charge in [-0.25, -0.2) is 9.18 Å². The zero-order chi connectivity index (χ0) is 16.5. The van der Waals surface area contributed by atoms with Gasteiger partial charge >= 0.3 is 12.1 Å². The second kappa shape index (κ2) is 5.96. The summed E-state index contributed by atoms with van der Waals surface area (Å²) in [6, 6.07) is 3.88. The average Bonchev–Trinajstić information content (AvgIpc) is 2.85. The highest BCUT2D eigenvalue weighted by Gasteiger charge is 2.37. The van der Waals surface area contributed by atoms with Gasteiger partial charge in [-0.3, -0.25) is 4.68 Å². The lowest BCUT2D eigenvalue weighted by Crippen LogP contribution is -2.15. The van der Waals surface area contributed by atoms with Crippen molar-refractivity contribution in [3.63, 3.8) is 0 Å². The first-order valence-corrected chi connectivity index (χ1v) is 6.27. The van der Waals surface area contributed by atoms with Crippen molar-refractivity contribution in [2.45, 2.75) is 12.7 Å². The average molecular weight is 337 g/mol. The molecule has 0 saturated carbocycles. The summed E-state index contributed by atoms with van der Waals surface area (Å²) < 4.78 is 56.9. The van der Waals surface area contributed by atoms with Gasteiger partial charge in [0.25, 0.3) is 0 Å². The van der Waals surface area contributed by atoms with E-state index >= 15 is 0 Å². The Balaban J connectivity index is 2.44. The summed E-state index contributed by atoms with van der Waals surface area (Å²) >= 11 is 5.79. The van der Waals surface area contributed by atoms with Crippen molar-refractivity contribution in [3.8, 4) is 0 Å². The molecule has 0 aliphatic heterocycles. The second-order valence-corrected chi connectivity index (χ2v) is 4.70. The molecule has 0 unspecified atom stereocenters. The predicted octanol–water partition coefficient (Wildman–Crippen LogP) is 3.53. The van der Waals surface area contributed by atoms with Crippen molar-refractivity contribution >= 4 is 17.6 Å². The van der Waals surface area contributed by atoms with E-state index in [4.69, 9.17) is 11.6 Å². The SMILES string of the molecule is COC(=O)c1cc(C(F)(F)F)n(Cc2ccc(F)cc2Cl)n1. The number of carbonyl (C=O) groups is 1. The molecule has 0 aliphatic carbocycles. The standard InChI is InChI=1S/C13H9ClF4N2O2/c1-22-12(21)10-5-11(13(16,17)18)20(19-10)6-7-2-3-8(15)4-9(7)14/h2-5H,6H2,1H3. The molecule has 2 rings (SSSR count). The minimum Gasteiger partial charge on any atom is -0.464 e. The molecule has 22 heavy (non-hydrogen) atoms. The Morgan fingerprint density at radius 3 is 2.59 bits per heavy atom. The molecule has 0 N–H and O–H groups in total. The zero-order valence-corrected chi connectivity index (χ0v) is 11.9. The van der Waals surface area contributed by atoms with Gasteiger partial charge in [-0.15, -0.1) is 0 Å². The molecule has 9 heteroatoms. The van der Waals surface area contributed by atoms with Gasteiger partial charge in [-0.05, 0) is 17.7 Å². The molecule has 0 fully saturated rings. The lowest BCUT2D eigenvalue weighted by Gasteiger charge is -2.11. The summed E-state index contributed by atoms with van der Waals surface area (Å²) in [5.74, 6) is -1.60. The minimum atomic E-state index is -4.72. The maximum Gasteiger partial charge on any atom is 0.433 e. The van der Waals surface area contributed by atoms with Crippen molar-refractivity contribution in [1.82, 2.24) is 9.78 Å². The number of methoxy groups -OCH3 is 1. The van der Waals surface area contributed by atoms with E-state index < -0.39 is 29.4 Å². The summed E-state index contributed by atoms with van der Waals surface area (Å²) in [5, 5.41) is 3.54. The van der Waals surface area contributed by atoms with E-state index in [0.717, 1.165) is 19.2 Å². The third-order valence-electron chi connectivity index (χ3n) is 2.80. The van der Waals surface area contributed by atoms with Crippen LogP contribution in [0, 0.1) is 5.82 Å². The van der Waals surface area contributed by atoms with Crippen LogP contribution in [0.4, 0.5) is 17.6 Å². The van der Waals surface area contributed by atoms with Crippen LogP contribution in [0.25, 0.3) is 0 Å². The van der Waals surface area contributed by atoms with Gasteiger partial charge in [0.2, 0.25) is 0 Å². The van der Waals surface area contributed by atoms with E-state index in [0.29, 0.717) is 10.7 Å². The molecular weight excluding hydrogens is 328 g/mol. The van der Waals surface area contributed by atoms with Gasteiger partial charge in [-0.2, -0.15) is 18.3 Å². The maximum atomic E-state index is 13.0. The Bertz CT molecular complexity index is 713. The summed E-state index contributed by atoms with van der Waals surface area (Å²) in [4.78, 5) is 11.3. The van der Waals surface area contributed by atoms with Crippen LogP contribution in [0.1, 0.15) is 21.7 Å². The first-order chi connectivity index (χ1) is 10.2. The van der Waals surface area contributed by atoms with Crippen LogP contribution in [-0.4, -0.2) is 22.9 Å². The van der Waals surface area contributed by atoms with Gasteiger partial charge < -0.3 is 4.74 Å². The van der Waals surface area contributed by atoms with Gasteiger partial charge in [0.05, 0.1) is 13.7 Å². The van der Waals surface area contributed by atoms with Gasteiger partial charge in [0.1, 0.15) is 11.5 Å². The summed E-state index contributed by atoms with van der Waals surface area (Å²) in [7, 11) is 1.03. The number of esters is 1. The fourth-order valence-electron chi connectivity index (χ4n) is 1.78. The fourth-order valence-corrected chi connectivity index (χ4v) is 2.01. The Morgan fingerprint density at radius 2 is 2.05 bits per heavy atom. The van der Waals surface area contributed by atoms with Crippen molar-refractivity contribution in [3.05, 3.63) is 52.1 Å². The number of nitrogens with zero attached hydrogens (tertiary/aromatic N) is 2. The molecule has 4 nitrogen and oxygen atoms in total. The molecular formula is C13H9ClF4N2O2. The first kappa shape index (κ1) is 16.3. The summed E-state index contributed by atoms with van der Waals surface area (Å²) in [5.41, 5.74) is -1.38. The monoisotopic (exact) mass is 336 g/mol. The highest BCUT2D eigenvalue weighted by molar-refractivity contribution is 6.31. The smallest absolute Gasteiger partial charge is 0.433 e. The van der Waals surface area contributed by atoms with E-state index in [-0.39, 0.29) is 17.1 Å². The molecule has 1 aromatic heterocycles. The number of halogens is 5. The van der Waals surface area contributed by atoms with Crippen LogP contribution < -0.4 is 0 Å². The van der Waals surface area contributed by atoms with Crippen LogP contribution in [0.5, 0.6) is 0 Å². The molecule has 1 aromatic carbocycles. The largest absolute Gasteiger partial charge is 0.464 e. The van der Waals surface area contributed by atoms with Crippen molar-refractivity contribution < 1.29 is 27.1 Å². The highest BCUT2D eigenvalue weighted by Crippen LogP contribution is 2.31. The van der Waals surface area contributed by atoms with Crippen molar-refractivity contribution in [2.24, 2.45) is 0 Å². The number of benzene rings is 1. The molecule has 0 atom stereocenters. The van der Waals surface area contributed by atoms with Crippen LogP contribution >= 0.6 is 11.6 Å². The van der Waals surface area contributed by atoms with Crippen LogP contribution in [0.3, 0.4) is 0 Å². The van der Waals surface area contributed by atoms with E-state index in [1.54, 1.807) is 0 Å². The molecule has 0 radical (unpaired) electrons. The Morgan fingerprint density at radius 1 is 1.36 bits per heavy atom. The second-order valence-electron chi connectivity index (χ2n) is 4.30. The van der Waals surface area contributed by atoms with E-state index in [1.807, 2.05) is 0 Å². The fraction of sp³-hybridized carbons (Fsp3) is 0.231. The van der Waals surface area contributed by atoms with Crippen LogP contribution in [0.15, 0.2) is 24.3 Å². The van der Waals surface area contributed by atoms with Crippen LogP contribution in [-0.2, 0) is 17.5 Å². The third kappa shape index (κ3) is 3.38. The number of aromatic nitrogens is 2. The number of alkyl halides is 3. The number of hydrogen-bond donors (Lipinski definition) is 0. The predicted molar refractivity (Wildman–Crippen MR) is 69.1 cm³/mol. The Hall–Kier alpha value is -2.09. The molecule has 0 saturated heterocycles. The number of ether oxygens (including phenoxy) is 1. The quantitative estimate of drug-likeness (QED) is 0.636. The van der Waals surface area contributed by atoms with Crippen molar-refractivity contribution in [1.29, 1.82) is 0 Å². The summed E-state index contributed by atoms with van der Waals surface area (Å²) in [6.45, 7) is -0.370. The van der Waals surface area contributed by atoms with Gasteiger partial charge in [0.15, 0.2) is 5.69 Å². The number of carbonyl (C=O) groups excluding carboxylic acids is 1. The topological polar surface area (TPSA) is 44.1 Å². The minimum absolute atomic E-state index is 0.0387. The summed E-state index contributed by atoms with van der Waals surface area (Å²) in [6.07, 6.45) is -4.72. The molecule has 1 heterocycles.